The van der Waals surface area contributed by atoms with Gasteiger partial charge in [-0.15, -0.1) is 0 Å². The Morgan fingerprint density at radius 1 is 0.854 bits per heavy atom. The van der Waals surface area contributed by atoms with Crippen LogP contribution in [0.25, 0.3) is 0 Å². The van der Waals surface area contributed by atoms with Gasteiger partial charge in [0.15, 0.2) is 17.3 Å². The first-order chi connectivity index (χ1) is 19.7. The Morgan fingerprint density at radius 2 is 1.59 bits per heavy atom. The molecule has 7 nitrogen and oxygen atoms in total. The predicted molar refractivity (Wildman–Crippen MR) is 160 cm³/mol. The van der Waals surface area contributed by atoms with Crippen LogP contribution in [0.15, 0.2) is 83.2 Å². The van der Waals surface area contributed by atoms with E-state index in [0.29, 0.717) is 46.9 Å². The lowest BCUT2D eigenvalue weighted by Gasteiger charge is -2.37. The lowest BCUT2D eigenvalue weighted by Crippen LogP contribution is -2.37. The van der Waals surface area contributed by atoms with E-state index in [1.807, 2.05) is 39.0 Å². The number of anilines is 1. The number of ketones is 1. The lowest BCUT2D eigenvalue weighted by atomic mass is 9.70. The summed E-state index contributed by atoms with van der Waals surface area (Å²) in [6.07, 6.45) is 0.979. The summed E-state index contributed by atoms with van der Waals surface area (Å²) < 4.78 is 16.2. The van der Waals surface area contributed by atoms with Crippen LogP contribution in [-0.4, -0.2) is 33.0 Å². The third-order valence-electron chi connectivity index (χ3n) is 8.04. The average molecular weight is 553 g/mol. The molecule has 3 aromatic carbocycles. The molecule has 2 aliphatic rings. The molecule has 1 amide bonds. The Balaban J connectivity index is 1.56. The molecule has 3 aromatic rings. The molecule has 0 saturated heterocycles. The van der Waals surface area contributed by atoms with Crippen molar-refractivity contribution in [3.8, 4) is 17.2 Å². The molecule has 1 heterocycles. The van der Waals surface area contributed by atoms with Crippen molar-refractivity contribution < 1.29 is 23.8 Å². The van der Waals surface area contributed by atoms with E-state index in [-0.39, 0.29) is 17.6 Å². The molecule has 7 heteroatoms. The molecule has 212 valence electrons. The summed E-state index contributed by atoms with van der Waals surface area (Å²) in [5.74, 6) is 1.27. The van der Waals surface area contributed by atoms with Gasteiger partial charge in [-0.05, 0) is 86.2 Å². The predicted octanol–water partition coefficient (Wildman–Crippen LogP) is 6.33. The second-order valence-corrected chi connectivity index (χ2v) is 10.7. The largest absolute Gasteiger partial charge is 0.497 e. The summed E-state index contributed by atoms with van der Waals surface area (Å²) in [6, 6.07) is 19.2. The fourth-order valence-corrected chi connectivity index (χ4v) is 5.94. The molecule has 5 rings (SSSR count). The van der Waals surface area contributed by atoms with Gasteiger partial charge in [-0.3, -0.25) is 9.59 Å². The summed E-state index contributed by atoms with van der Waals surface area (Å²) in [4.78, 5) is 28.0. The van der Waals surface area contributed by atoms with Crippen molar-refractivity contribution in [1.29, 1.82) is 0 Å². The summed E-state index contributed by atoms with van der Waals surface area (Å²) in [6.45, 7) is 5.98. The Kier molecular flexibility index (Phi) is 7.88. The van der Waals surface area contributed by atoms with Crippen LogP contribution in [0.3, 0.4) is 0 Å². The molecule has 0 fully saturated rings. The minimum absolute atomic E-state index is 0.0321. The summed E-state index contributed by atoms with van der Waals surface area (Å²) in [5, 5.41) is 6.51. The number of ether oxygens (including phenoxy) is 3. The van der Waals surface area contributed by atoms with Crippen molar-refractivity contribution in [3.63, 3.8) is 0 Å². The number of Topliss-reactive ketones (excluding diaryl/α,β-unsaturated/α-hetero) is 1. The van der Waals surface area contributed by atoms with Gasteiger partial charge in [-0.2, -0.15) is 0 Å². The first kappa shape index (κ1) is 28.0. The van der Waals surface area contributed by atoms with Crippen LogP contribution in [-0.2, 0) is 9.59 Å². The maximum Gasteiger partial charge on any atom is 0.254 e. The number of carbonyl (C=O) groups excluding carboxylic acids is 2. The second-order valence-electron chi connectivity index (χ2n) is 10.7. The highest BCUT2D eigenvalue weighted by Crippen LogP contribution is 2.47. The van der Waals surface area contributed by atoms with E-state index in [4.69, 9.17) is 14.2 Å². The maximum atomic E-state index is 14.1. The number of rotatable bonds is 7. The molecule has 0 unspecified atom stereocenters. The van der Waals surface area contributed by atoms with Crippen LogP contribution in [0.2, 0.25) is 0 Å². The van der Waals surface area contributed by atoms with Gasteiger partial charge in [0.1, 0.15) is 5.75 Å². The molecule has 1 aliphatic carbocycles. The quantitative estimate of drug-likeness (QED) is 0.356. The highest BCUT2D eigenvalue weighted by Gasteiger charge is 2.41. The number of hydrogen-bond acceptors (Lipinski definition) is 6. The van der Waals surface area contributed by atoms with Gasteiger partial charge in [0.2, 0.25) is 0 Å². The number of amides is 1. The van der Waals surface area contributed by atoms with E-state index < -0.39 is 5.92 Å². The fourth-order valence-electron chi connectivity index (χ4n) is 5.94. The smallest absolute Gasteiger partial charge is 0.254 e. The topological polar surface area (TPSA) is 85.9 Å². The number of dihydropyridines is 1. The lowest BCUT2D eigenvalue weighted by molar-refractivity contribution is -0.116. The van der Waals surface area contributed by atoms with Crippen LogP contribution in [0.4, 0.5) is 5.69 Å². The number of carbonyl (C=O) groups is 2. The van der Waals surface area contributed by atoms with Crippen molar-refractivity contribution in [2.45, 2.75) is 45.4 Å². The van der Waals surface area contributed by atoms with Crippen molar-refractivity contribution >= 4 is 17.4 Å². The van der Waals surface area contributed by atoms with E-state index in [2.05, 4.69) is 28.8 Å². The van der Waals surface area contributed by atoms with Gasteiger partial charge >= 0.3 is 0 Å². The number of benzene rings is 3. The van der Waals surface area contributed by atoms with Crippen molar-refractivity contribution in [1.82, 2.24) is 5.32 Å². The molecule has 0 spiro atoms. The van der Waals surface area contributed by atoms with E-state index in [1.54, 1.807) is 45.6 Å². The third-order valence-corrected chi connectivity index (χ3v) is 8.04. The van der Waals surface area contributed by atoms with Crippen molar-refractivity contribution in [3.05, 3.63) is 105 Å². The van der Waals surface area contributed by atoms with E-state index in [9.17, 15) is 9.59 Å². The molecular weight excluding hydrogens is 516 g/mol. The molecule has 0 radical (unpaired) electrons. The molecule has 2 N–H and O–H groups in total. The van der Waals surface area contributed by atoms with Crippen LogP contribution < -0.4 is 24.8 Å². The Morgan fingerprint density at radius 3 is 2.27 bits per heavy atom. The average Bonchev–Trinajstić information content (AvgIpc) is 2.97. The number of allylic oxidation sites excluding steroid dienone is 3. The van der Waals surface area contributed by atoms with Gasteiger partial charge in [-0.1, -0.05) is 29.8 Å². The molecular formula is C34H36N2O5. The van der Waals surface area contributed by atoms with Gasteiger partial charge in [-0.25, -0.2) is 0 Å². The molecule has 0 bridgehead atoms. The number of nitrogens with one attached hydrogen (secondary N) is 2. The monoisotopic (exact) mass is 552 g/mol. The van der Waals surface area contributed by atoms with Crippen LogP contribution in [0.1, 0.15) is 53.9 Å². The van der Waals surface area contributed by atoms with Crippen molar-refractivity contribution in [2.24, 2.45) is 0 Å². The summed E-state index contributed by atoms with van der Waals surface area (Å²) >= 11 is 0. The van der Waals surface area contributed by atoms with Crippen LogP contribution >= 0.6 is 0 Å². The number of methoxy groups -OCH3 is 3. The summed E-state index contributed by atoms with van der Waals surface area (Å²) in [7, 11) is 4.82. The Labute approximate surface area is 241 Å². The Hall–Kier alpha value is -4.52. The van der Waals surface area contributed by atoms with Crippen LogP contribution in [0, 0.1) is 13.8 Å². The zero-order chi connectivity index (χ0) is 29.3. The van der Waals surface area contributed by atoms with E-state index in [0.717, 1.165) is 33.6 Å². The minimum atomic E-state index is -0.483. The summed E-state index contributed by atoms with van der Waals surface area (Å²) in [5.41, 5.74) is 7.56. The van der Waals surface area contributed by atoms with Gasteiger partial charge in [0.25, 0.3) is 5.91 Å². The number of aryl methyl sites for hydroxylation is 2. The first-order valence-electron chi connectivity index (χ1n) is 13.7. The standard InChI is InChI=1S/C34H36N2O5/c1-19-7-8-20(2)26(15-19)32-31(34(38)36-24-10-12-25(39-4)13-11-24)21(3)35-27-16-23(17-28(37)33(27)32)22-9-14-29(40-5)30(18-22)41-6/h7-15,18,23,32,35H,16-17H2,1-6H3,(H,36,38)/t23-,32+/m1/s1. The molecule has 0 saturated carbocycles. The van der Waals surface area contributed by atoms with Gasteiger partial charge in [0, 0.05) is 40.6 Å². The molecule has 41 heavy (non-hydrogen) atoms. The molecule has 2 atom stereocenters. The fraction of sp³-hybridized carbons (Fsp3) is 0.294. The Bertz CT molecular complexity index is 1570. The van der Waals surface area contributed by atoms with E-state index in [1.165, 1.54) is 0 Å². The molecule has 1 aliphatic heterocycles. The highest BCUT2D eigenvalue weighted by atomic mass is 16.5. The number of hydrogen-bond donors (Lipinski definition) is 2. The van der Waals surface area contributed by atoms with Crippen molar-refractivity contribution in [2.75, 3.05) is 26.6 Å². The minimum Gasteiger partial charge on any atom is -0.497 e. The second kappa shape index (κ2) is 11.5. The van der Waals surface area contributed by atoms with Gasteiger partial charge in [0.05, 0.1) is 21.3 Å². The maximum absolute atomic E-state index is 14.1. The van der Waals surface area contributed by atoms with Crippen LogP contribution in [0.5, 0.6) is 17.2 Å². The van der Waals surface area contributed by atoms with Gasteiger partial charge < -0.3 is 24.8 Å². The third kappa shape index (κ3) is 5.44. The SMILES string of the molecule is COc1ccc(NC(=O)C2=C(C)NC3=C(C(=O)C[C@H](c4ccc(OC)c(OC)c4)C3)[C@H]2c2cc(C)ccc2C)cc1. The normalized spacial score (nSPS) is 18.4. The zero-order valence-corrected chi connectivity index (χ0v) is 24.4. The first-order valence-corrected chi connectivity index (χ1v) is 13.7. The van der Waals surface area contributed by atoms with E-state index >= 15 is 0 Å². The molecule has 0 aromatic heterocycles. The highest BCUT2D eigenvalue weighted by molar-refractivity contribution is 6.10. The zero-order valence-electron chi connectivity index (χ0n) is 24.4.